The van der Waals surface area contributed by atoms with Crippen LogP contribution in [0.5, 0.6) is 0 Å². The Kier molecular flexibility index (Phi) is 5.02. The van der Waals surface area contributed by atoms with Gasteiger partial charge >= 0.3 is 0 Å². The van der Waals surface area contributed by atoms with E-state index < -0.39 is 0 Å². The van der Waals surface area contributed by atoms with Crippen molar-refractivity contribution in [1.82, 2.24) is 14.7 Å². The van der Waals surface area contributed by atoms with Gasteiger partial charge in [-0.05, 0) is 41.7 Å². The molecule has 1 aromatic heterocycles. The lowest BCUT2D eigenvalue weighted by Crippen LogP contribution is -2.31. The van der Waals surface area contributed by atoms with Gasteiger partial charge in [0.15, 0.2) is 0 Å². The molecule has 0 bridgehead atoms. The zero-order valence-electron chi connectivity index (χ0n) is 12.5. The van der Waals surface area contributed by atoms with Gasteiger partial charge in [-0.25, -0.2) is 4.68 Å². The van der Waals surface area contributed by atoms with Crippen molar-refractivity contribution in [1.29, 1.82) is 0 Å². The fourth-order valence-corrected chi connectivity index (χ4v) is 1.72. The van der Waals surface area contributed by atoms with Gasteiger partial charge in [0, 0.05) is 25.2 Å². The van der Waals surface area contributed by atoms with E-state index in [1.165, 1.54) is 0 Å². The van der Waals surface area contributed by atoms with Crippen LogP contribution in [0.4, 0.5) is 11.5 Å². The lowest BCUT2D eigenvalue weighted by Gasteiger charge is -2.21. The predicted molar refractivity (Wildman–Crippen MR) is 78.0 cm³/mol. The van der Waals surface area contributed by atoms with Gasteiger partial charge in [-0.2, -0.15) is 5.10 Å². The predicted octanol–water partition coefficient (Wildman–Crippen LogP) is 2.11. The van der Waals surface area contributed by atoms with Crippen LogP contribution in [0.1, 0.15) is 39.4 Å². The molecule has 0 saturated heterocycles. The summed E-state index contributed by atoms with van der Waals surface area (Å²) in [5.74, 6) is 0.944. The minimum absolute atomic E-state index is 0.311. The summed E-state index contributed by atoms with van der Waals surface area (Å²) in [6.45, 7) is 12.4. The van der Waals surface area contributed by atoms with Gasteiger partial charge in [-0.3, -0.25) is 0 Å². The Morgan fingerprint density at radius 1 is 1.33 bits per heavy atom. The first kappa shape index (κ1) is 14.8. The number of aromatic nitrogens is 2. The summed E-state index contributed by atoms with van der Waals surface area (Å²) < 4.78 is 1.96. The number of hydrogen-bond donors (Lipinski definition) is 2. The van der Waals surface area contributed by atoms with Crippen molar-refractivity contribution in [2.24, 2.45) is 0 Å². The standard InChI is InChI=1S/C13H27N5/c1-9(2)17(6)8-7-15-13-12(14)11(5)16-18(13)10(3)4/h9-10,15H,7-8,14H2,1-6H3. The maximum atomic E-state index is 6.06. The smallest absolute Gasteiger partial charge is 0.148 e. The topological polar surface area (TPSA) is 59.1 Å². The molecule has 0 aliphatic heterocycles. The molecule has 0 aromatic carbocycles. The van der Waals surface area contributed by atoms with Crippen LogP contribution in [0.2, 0.25) is 0 Å². The molecule has 1 rings (SSSR count). The number of hydrogen-bond acceptors (Lipinski definition) is 4. The maximum Gasteiger partial charge on any atom is 0.148 e. The molecule has 0 fully saturated rings. The molecule has 0 aliphatic rings. The first-order valence-electron chi connectivity index (χ1n) is 6.63. The first-order chi connectivity index (χ1) is 8.34. The van der Waals surface area contributed by atoms with Gasteiger partial charge in [-0.1, -0.05) is 0 Å². The third kappa shape index (κ3) is 3.38. The van der Waals surface area contributed by atoms with Crippen molar-refractivity contribution >= 4 is 11.5 Å². The fraction of sp³-hybridized carbons (Fsp3) is 0.769. The highest BCUT2D eigenvalue weighted by Gasteiger charge is 2.14. The zero-order valence-corrected chi connectivity index (χ0v) is 12.5. The summed E-state index contributed by atoms with van der Waals surface area (Å²) in [4.78, 5) is 2.30. The highest BCUT2D eigenvalue weighted by Crippen LogP contribution is 2.25. The molecule has 1 aromatic rings. The molecular formula is C13H27N5. The van der Waals surface area contributed by atoms with Crippen molar-refractivity contribution in [3.05, 3.63) is 5.69 Å². The van der Waals surface area contributed by atoms with Crippen LogP contribution in [-0.2, 0) is 0 Å². The third-order valence-electron chi connectivity index (χ3n) is 3.26. The lowest BCUT2D eigenvalue weighted by molar-refractivity contribution is 0.284. The highest BCUT2D eigenvalue weighted by molar-refractivity contribution is 5.64. The summed E-state index contributed by atoms with van der Waals surface area (Å²) in [7, 11) is 2.13. The van der Waals surface area contributed by atoms with Gasteiger partial charge in [0.25, 0.3) is 0 Å². The highest BCUT2D eigenvalue weighted by atomic mass is 15.4. The van der Waals surface area contributed by atoms with Crippen LogP contribution in [0.3, 0.4) is 0 Å². The Bertz CT molecular complexity index is 381. The average molecular weight is 253 g/mol. The number of nitrogen functional groups attached to an aromatic ring is 1. The van der Waals surface area contributed by atoms with E-state index in [0.29, 0.717) is 12.1 Å². The van der Waals surface area contributed by atoms with Crippen molar-refractivity contribution in [3.8, 4) is 0 Å². The molecule has 0 radical (unpaired) electrons. The molecule has 0 amide bonds. The maximum absolute atomic E-state index is 6.06. The summed E-state index contributed by atoms with van der Waals surface area (Å²) in [5.41, 5.74) is 7.71. The minimum Gasteiger partial charge on any atom is -0.394 e. The van der Waals surface area contributed by atoms with E-state index >= 15 is 0 Å². The molecule has 3 N–H and O–H groups in total. The fourth-order valence-electron chi connectivity index (χ4n) is 1.72. The van der Waals surface area contributed by atoms with E-state index in [1.807, 2.05) is 11.6 Å². The summed E-state index contributed by atoms with van der Waals surface area (Å²) in [5, 5.41) is 7.86. The van der Waals surface area contributed by atoms with E-state index in [9.17, 15) is 0 Å². The Hall–Kier alpha value is -1.23. The van der Waals surface area contributed by atoms with Crippen molar-refractivity contribution in [2.75, 3.05) is 31.2 Å². The second kappa shape index (κ2) is 6.09. The van der Waals surface area contributed by atoms with Crippen LogP contribution < -0.4 is 11.1 Å². The number of aryl methyl sites for hydroxylation is 1. The second-order valence-corrected chi connectivity index (χ2v) is 5.39. The largest absolute Gasteiger partial charge is 0.394 e. The zero-order chi connectivity index (χ0) is 13.9. The van der Waals surface area contributed by atoms with E-state index in [2.05, 4.69) is 50.1 Å². The van der Waals surface area contributed by atoms with Crippen LogP contribution >= 0.6 is 0 Å². The van der Waals surface area contributed by atoms with Crippen LogP contribution in [0.25, 0.3) is 0 Å². The second-order valence-electron chi connectivity index (χ2n) is 5.39. The number of nitrogens with one attached hydrogen (secondary N) is 1. The molecule has 1 heterocycles. The Morgan fingerprint density at radius 2 is 1.94 bits per heavy atom. The summed E-state index contributed by atoms with van der Waals surface area (Å²) in [6, 6.07) is 0.868. The first-order valence-corrected chi connectivity index (χ1v) is 6.63. The van der Waals surface area contributed by atoms with E-state index in [0.717, 1.165) is 30.3 Å². The molecule has 5 nitrogen and oxygen atoms in total. The van der Waals surface area contributed by atoms with Gasteiger partial charge in [0.2, 0.25) is 0 Å². The van der Waals surface area contributed by atoms with Crippen molar-refractivity contribution in [2.45, 2.75) is 46.7 Å². The molecule has 18 heavy (non-hydrogen) atoms. The van der Waals surface area contributed by atoms with E-state index in [-0.39, 0.29) is 0 Å². The normalized spacial score (nSPS) is 11.8. The lowest BCUT2D eigenvalue weighted by atomic mass is 10.3. The monoisotopic (exact) mass is 253 g/mol. The average Bonchev–Trinajstić information content (AvgIpc) is 2.56. The minimum atomic E-state index is 0.311. The molecule has 0 atom stereocenters. The molecule has 0 aliphatic carbocycles. The molecule has 0 saturated carbocycles. The van der Waals surface area contributed by atoms with Gasteiger partial charge in [0.1, 0.15) is 5.82 Å². The molecule has 104 valence electrons. The van der Waals surface area contributed by atoms with Gasteiger partial charge in [-0.15, -0.1) is 0 Å². The molecule has 0 spiro atoms. The number of likely N-dealkylation sites (N-methyl/N-ethyl adjacent to an activating group) is 1. The quantitative estimate of drug-likeness (QED) is 0.815. The molecule has 5 heteroatoms. The van der Waals surface area contributed by atoms with E-state index in [4.69, 9.17) is 5.73 Å². The molecule has 0 unspecified atom stereocenters. The Morgan fingerprint density at radius 3 is 2.44 bits per heavy atom. The number of rotatable bonds is 6. The third-order valence-corrected chi connectivity index (χ3v) is 3.26. The number of anilines is 2. The van der Waals surface area contributed by atoms with Crippen LogP contribution in [0, 0.1) is 6.92 Å². The summed E-state index contributed by atoms with van der Waals surface area (Å²) in [6.07, 6.45) is 0. The van der Waals surface area contributed by atoms with E-state index in [1.54, 1.807) is 0 Å². The summed E-state index contributed by atoms with van der Waals surface area (Å²) >= 11 is 0. The molecular weight excluding hydrogens is 226 g/mol. The van der Waals surface area contributed by atoms with Crippen LogP contribution in [-0.4, -0.2) is 40.9 Å². The Balaban J connectivity index is 2.67. The van der Waals surface area contributed by atoms with Gasteiger partial charge < -0.3 is 16.0 Å². The van der Waals surface area contributed by atoms with Crippen LogP contribution in [0.15, 0.2) is 0 Å². The van der Waals surface area contributed by atoms with Crippen molar-refractivity contribution < 1.29 is 0 Å². The SMILES string of the molecule is Cc1nn(C(C)C)c(NCCN(C)C(C)C)c1N. The van der Waals surface area contributed by atoms with Gasteiger partial charge in [0.05, 0.1) is 11.4 Å². The Labute approximate surface area is 110 Å². The number of nitrogens with two attached hydrogens (primary N) is 1. The van der Waals surface area contributed by atoms with Crippen molar-refractivity contribution in [3.63, 3.8) is 0 Å². The number of nitrogens with zero attached hydrogens (tertiary/aromatic N) is 3.